The van der Waals surface area contributed by atoms with Crippen LogP contribution in [0, 0.1) is 5.92 Å². The maximum absolute atomic E-state index is 10.4. The largest absolute Gasteiger partial charge is 0.480 e. The minimum absolute atomic E-state index is 0.253. The molecule has 0 aliphatic heterocycles. The third kappa shape index (κ3) is 2.83. The van der Waals surface area contributed by atoms with Gasteiger partial charge >= 0.3 is 5.97 Å². The molecule has 0 rings (SSSR count). The van der Waals surface area contributed by atoms with Gasteiger partial charge in [0, 0.05) is 0 Å². The van der Waals surface area contributed by atoms with Crippen LogP contribution in [0.25, 0.3) is 0 Å². The Balaban J connectivity index is 4.21. The molecule has 0 saturated carbocycles. The summed E-state index contributed by atoms with van der Waals surface area (Å²) in [5.74, 6) is -1.52. The van der Waals surface area contributed by atoms with Crippen LogP contribution in [-0.4, -0.2) is 32.8 Å². The lowest BCUT2D eigenvalue weighted by Crippen LogP contribution is -2.41. The fourth-order valence-electron chi connectivity index (χ4n) is 0.793. The zero-order chi connectivity index (χ0) is 9.02. The van der Waals surface area contributed by atoms with Gasteiger partial charge in [0.25, 0.3) is 0 Å². The van der Waals surface area contributed by atoms with E-state index in [1.165, 1.54) is 0 Å². The third-order valence-corrected chi connectivity index (χ3v) is 1.68. The van der Waals surface area contributed by atoms with Crippen LogP contribution in [0.2, 0.25) is 0 Å². The topological polar surface area (TPSA) is 81.0 Å². The van der Waals surface area contributed by atoms with E-state index in [0.717, 1.165) is 0 Å². The predicted molar refractivity (Wildman–Crippen MR) is 36.3 cm³/mol. The zero-order valence-corrected chi connectivity index (χ0v) is 6.56. The molecule has 5 heteroatoms. The second kappa shape index (κ2) is 4.27. The van der Waals surface area contributed by atoms with Crippen molar-refractivity contribution in [3.05, 3.63) is 0 Å². The summed E-state index contributed by atoms with van der Waals surface area (Å²) in [4.78, 5) is 10.4. The standard InChI is InChI=1S/C6H13NO4/c1-3-4(2)5(6(8)9)7(10)11/h4-5,10-11H,3H2,1-2H3,(H,8,9)/t4?,5-/m0/s1. The van der Waals surface area contributed by atoms with Crippen LogP contribution in [0.4, 0.5) is 0 Å². The van der Waals surface area contributed by atoms with Gasteiger partial charge in [-0.1, -0.05) is 25.5 Å². The van der Waals surface area contributed by atoms with Gasteiger partial charge in [-0.2, -0.15) is 0 Å². The number of carbonyl (C=O) groups is 1. The number of carboxylic acids is 1. The third-order valence-electron chi connectivity index (χ3n) is 1.68. The molecule has 0 spiro atoms. The molecular formula is C6H13NO4. The number of carboxylic acid groups (broad SMARTS) is 1. The van der Waals surface area contributed by atoms with E-state index in [4.69, 9.17) is 15.5 Å². The summed E-state index contributed by atoms with van der Waals surface area (Å²) in [5.41, 5.74) is 0. The molecule has 3 N–H and O–H groups in total. The summed E-state index contributed by atoms with van der Waals surface area (Å²) in [5, 5.41) is 25.2. The molecule has 0 amide bonds. The zero-order valence-electron chi connectivity index (χ0n) is 6.56. The van der Waals surface area contributed by atoms with E-state index in [-0.39, 0.29) is 11.1 Å². The summed E-state index contributed by atoms with van der Waals surface area (Å²) in [6, 6.07) is -1.24. The molecule has 0 aliphatic rings. The van der Waals surface area contributed by atoms with E-state index in [1.54, 1.807) is 13.8 Å². The maximum atomic E-state index is 10.4. The Hall–Kier alpha value is -0.650. The first-order valence-corrected chi connectivity index (χ1v) is 3.40. The maximum Gasteiger partial charge on any atom is 0.326 e. The van der Waals surface area contributed by atoms with Crippen LogP contribution < -0.4 is 0 Å². The Bertz CT molecular complexity index is 137. The summed E-state index contributed by atoms with van der Waals surface area (Å²) in [7, 11) is 0. The first-order chi connectivity index (χ1) is 5.00. The van der Waals surface area contributed by atoms with E-state index in [0.29, 0.717) is 6.42 Å². The van der Waals surface area contributed by atoms with Gasteiger partial charge in [-0.05, 0) is 5.92 Å². The highest BCUT2D eigenvalue weighted by atomic mass is 16.8. The summed E-state index contributed by atoms with van der Waals surface area (Å²) in [6.07, 6.45) is 0.578. The lowest BCUT2D eigenvalue weighted by molar-refractivity contribution is -0.333. The number of hydroxylamine groups is 2. The van der Waals surface area contributed by atoms with Crippen molar-refractivity contribution < 1.29 is 20.3 Å². The quantitative estimate of drug-likeness (QED) is 0.528. The van der Waals surface area contributed by atoms with Gasteiger partial charge in [-0.3, -0.25) is 15.2 Å². The Morgan fingerprint density at radius 3 is 2.09 bits per heavy atom. The van der Waals surface area contributed by atoms with E-state index in [1.807, 2.05) is 0 Å². The van der Waals surface area contributed by atoms with E-state index >= 15 is 0 Å². The van der Waals surface area contributed by atoms with E-state index < -0.39 is 12.0 Å². The van der Waals surface area contributed by atoms with Crippen LogP contribution in [0.15, 0.2) is 0 Å². The molecule has 1 unspecified atom stereocenters. The molecule has 0 fully saturated rings. The lowest BCUT2D eigenvalue weighted by Gasteiger charge is -2.21. The van der Waals surface area contributed by atoms with Crippen molar-refractivity contribution in [3.8, 4) is 0 Å². The van der Waals surface area contributed by atoms with Crippen LogP contribution in [0.3, 0.4) is 0 Å². The average molecular weight is 163 g/mol. The highest BCUT2D eigenvalue weighted by Crippen LogP contribution is 2.11. The molecule has 0 aromatic heterocycles. The average Bonchev–Trinajstić information content (AvgIpc) is 1.85. The van der Waals surface area contributed by atoms with Crippen LogP contribution in [-0.2, 0) is 4.79 Å². The second-order valence-electron chi connectivity index (χ2n) is 2.49. The van der Waals surface area contributed by atoms with Crippen molar-refractivity contribution in [3.63, 3.8) is 0 Å². The van der Waals surface area contributed by atoms with Gasteiger partial charge in [-0.15, -0.1) is 0 Å². The molecule has 0 heterocycles. The fourth-order valence-corrected chi connectivity index (χ4v) is 0.793. The number of aliphatic carboxylic acids is 1. The predicted octanol–water partition coefficient (Wildman–Crippen LogP) is 0.566. The van der Waals surface area contributed by atoms with Crippen molar-refractivity contribution in [2.75, 3.05) is 0 Å². The molecule has 66 valence electrons. The van der Waals surface area contributed by atoms with Crippen molar-refractivity contribution in [2.45, 2.75) is 26.3 Å². The molecule has 0 aromatic rings. The van der Waals surface area contributed by atoms with Crippen LogP contribution in [0.1, 0.15) is 20.3 Å². The first-order valence-electron chi connectivity index (χ1n) is 3.40. The molecule has 0 aromatic carbocycles. The summed E-state index contributed by atoms with van der Waals surface area (Å²) < 4.78 is 0. The molecule has 0 bridgehead atoms. The van der Waals surface area contributed by atoms with Crippen molar-refractivity contribution in [1.82, 2.24) is 5.23 Å². The second-order valence-corrected chi connectivity index (χ2v) is 2.49. The van der Waals surface area contributed by atoms with E-state index in [9.17, 15) is 4.79 Å². The molecule has 0 saturated heterocycles. The lowest BCUT2D eigenvalue weighted by atomic mass is 10.0. The fraction of sp³-hybridized carbons (Fsp3) is 0.833. The normalized spacial score (nSPS) is 16.5. The smallest absolute Gasteiger partial charge is 0.326 e. The highest BCUT2D eigenvalue weighted by Gasteiger charge is 2.28. The molecule has 0 aliphatic carbocycles. The van der Waals surface area contributed by atoms with Crippen molar-refractivity contribution in [2.24, 2.45) is 5.92 Å². The molecular weight excluding hydrogens is 150 g/mol. The Morgan fingerprint density at radius 2 is 2.00 bits per heavy atom. The van der Waals surface area contributed by atoms with Crippen molar-refractivity contribution >= 4 is 5.97 Å². The monoisotopic (exact) mass is 163 g/mol. The number of hydrogen-bond donors (Lipinski definition) is 3. The summed E-state index contributed by atoms with van der Waals surface area (Å²) in [6.45, 7) is 3.42. The molecule has 2 atom stereocenters. The van der Waals surface area contributed by atoms with Crippen LogP contribution in [0.5, 0.6) is 0 Å². The Morgan fingerprint density at radius 1 is 1.55 bits per heavy atom. The minimum atomic E-state index is -1.24. The molecule has 5 nitrogen and oxygen atoms in total. The first kappa shape index (κ1) is 10.3. The SMILES string of the molecule is CCC(C)[C@@H](C(=O)O)N(O)O. The molecule has 11 heavy (non-hydrogen) atoms. The van der Waals surface area contributed by atoms with Gasteiger partial charge in [0.15, 0.2) is 6.04 Å². The minimum Gasteiger partial charge on any atom is -0.480 e. The van der Waals surface area contributed by atoms with Gasteiger partial charge < -0.3 is 5.11 Å². The summed E-state index contributed by atoms with van der Waals surface area (Å²) >= 11 is 0. The van der Waals surface area contributed by atoms with Crippen molar-refractivity contribution in [1.29, 1.82) is 0 Å². The van der Waals surface area contributed by atoms with Crippen LogP contribution >= 0.6 is 0 Å². The highest BCUT2D eigenvalue weighted by molar-refractivity contribution is 5.73. The number of hydrogen-bond acceptors (Lipinski definition) is 4. The number of rotatable bonds is 4. The van der Waals surface area contributed by atoms with Gasteiger partial charge in [-0.25, -0.2) is 0 Å². The van der Waals surface area contributed by atoms with Gasteiger partial charge in [0.2, 0.25) is 0 Å². The molecule has 0 radical (unpaired) electrons. The Kier molecular flexibility index (Phi) is 4.02. The van der Waals surface area contributed by atoms with Gasteiger partial charge in [0.1, 0.15) is 0 Å². The van der Waals surface area contributed by atoms with Gasteiger partial charge in [0.05, 0.1) is 0 Å². The Labute approximate surface area is 64.8 Å². The number of nitrogens with zero attached hydrogens (tertiary/aromatic N) is 1. The van der Waals surface area contributed by atoms with E-state index in [2.05, 4.69) is 0 Å².